The van der Waals surface area contributed by atoms with E-state index in [-0.39, 0.29) is 24.9 Å². The third-order valence-corrected chi connectivity index (χ3v) is 5.40. The molecule has 24 heavy (non-hydrogen) atoms. The monoisotopic (exact) mass is 354 g/mol. The molecule has 1 amide bonds. The number of amides is 1. The zero-order chi connectivity index (χ0) is 16.2. The maximum Gasteiger partial charge on any atom is 0.253 e. The number of methoxy groups -OCH3 is 1. The summed E-state index contributed by atoms with van der Waals surface area (Å²) >= 11 is 0. The van der Waals surface area contributed by atoms with Gasteiger partial charge in [0.15, 0.2) is 0 Å². The molecule has 0 aliphatic carbocycles. The van der Waals surface area contributed by atoms with Crippen molar-refractivity contribution >= 4 is 18.3 Å². The predicted molar refractivity (Wildman–Crippen MR) is 95.8 cm³/mol. The molecule has 2 aliphatic rings. The van der Waals surface area contributed by atoms with Crippen molar-refractivity contribution in [1.29, 1.82) is 0 Å². The highest BCUT2D eigenvalue weighted by atomic mass is 35.5. The molecule has 0 bridgehead atoms. The Morgan fingerprint density at radius 1 is 1.25 bits per heavy atom. The minimum Gasteiger partial charge on any atom is -0.497 e. The summed E-state index contributed by atoms with van der Waals surface area (Å²) in [5, 5.41) is 12.9. The summed E-state index contributed by atoms with van der Waals surface area (Å²) in [7, 11) is 1.62. The number of hydrogen-bond donors (Lipinski definition) is 2. The number of carbonyl (C=O) groups is 1. The van der Waals surface area contributed by atoms with Crippen LogP contribution in [0.2, 0.25) is 0 Å². The predicted octanol–water partition coefficient (Wildman–Crippen LogP) is 1.80. The number of aliphatic hydroxyl groups excluding tert-OH is 1. The molecule has 2 saturated heterocycles. The van der Waals surface area contributed by atoms with Crippen LogP contribution in [0.25, 0.3) is 0 Å². The summed E-state index contributed by atoms with van der Waals surface area (Å²) in [5.41, 5.74) is 0.722. The van der Waals surface area contributed by atoms with E-state index in [4.69, 9.17) is 4.74 Å². The van der Waals surface area contributed by atoms with Crippen LogP contribution in [0.4, 0.5) is 0 Å². The Labute approximate surface area is 149 Å². The number of aliphatic hydroxyl groups is 1. The number of carbonyl (C=O) groups excluding carboxylic acids is 1. The highest BCUT2D eigenvalue weighted by molar-refractivity contribution is 5.94. The van der Waals surface area contributed by atoms with Gasteiger partial charge in [-0.15, -0.1) is 12.4 Å². The molecule has 1 aromatic rings. The van der Waals surface area contributed by atoms with Crippen molar-refractivity contribution < 1.29 is 14.6 Å². The molecule has 1 aromatic carbocycles. The van der Waals surface area contributed by atoms with Crippen molar-refractivity contribution in [2.24, 2.45) is 17.8 Å². The zero-order valence-corrected chi connectivity index (χ0v) is 14.9. The molecule has 2 atom stereocenters. The van der Waals surface area contributed by atoms with Crippen LogP contribution in [-0.4, -0.2) is 55.8 Å². The van der Waals surface area contributed by atoms with Crippen LogP contribution in [-0.2, 0) is 0 Å². The Balaban J connectivity index is 0.00000208. The molecular formula is C18H27ClN2O3. The molecule has 0 unspecified atom stereocenters. The molecule has 0 aromatic heterocycles. The maximum absolute atomic E-state index is 12.6. The summed E-state index contributed by atoms with van der Waals surface area (Å²) in [4.78, 5) is 14.5. The Kier molecular flexibility index (Phi) is 6.90. The Bertz CT molecular complexity index is 530. The standard InChI is InChI=1S/C18H26N2O3.ClH/c1-23-16-4-2-14(3-5-16)18(22)20-8-6-13(7-9-20)17-11-19-10-15(17)12-21;/h2-5,13,15,17,19,21H,6-12H2,1H3;1H/t15-,17-;/m0./s1. The van der Waals surface area contributed by atoms with Crippen LogP contribution in [0, 0.1) is 17.8 Å². The van der Waals surface area contributed by atoms with Gasteiger partial charge in [0, 0.05) is 31.8 Å². The van der Waals surface area contributed by atoms with Crippen molar-refractivity contribution in [3.05, 3.63) is 29.8 Å². The number of hydrogen-bond acceptors (Lipinski definition) is 4. The lowest BCUT2D eigenvalue weighted by Gasteiger charge is -2.36. The van der Waals surface area contributed by atoms with E-state index in [0.717, 1.165) is 50.3 Å². The fraction of sp³-hybridized carbons (Fsp3) is 0.611. The first-order valence-corrected chi connectivity index (χ1v) is 8.48. The van der Waals surface area contributed by atoms with Crippen LogP contribution in [0.3, 0.4) is 0 Å². The molecule has 2 heterocycles. The minimum absolute atomic E-state index is 0. The van der Waals surface area contributed by atoms with Gasteiger partial charge in [-0.1, -0.05) is 0 Å². The number of nitrogens with zero attached hydrogens (tertiary/aromatic N) is 1. The number of ether oxygens (including phenoxy) is 1. The SMILES string of the molecule is COc1ccc(C(=O)N2CCC([C@@H]3CNC[C@H]3CO)CC2)cc1.Cl. The van der Waals surface area contributed by atoms with Gasteiger partial charge in [-0.05, 0) is 61.4 Å². The summed E-state index contributed by atoms with van der Waals surface area (Å²) in [6, 6.07) is 7.32. The molecule has 3 rings (SSSR count). The lowest BCUT2D eigenvalue weighted by molar-refractivity contribution is 0.0625. The van der Waals surface area contributed by atoms with E-state index in [1.54, 1.807) is 7.11 Å². The summed E-state index contributed by atoms with van der Waals surface area (Å²) in [5.74, 6) is 2.42. The largest absolute Gasteiger partial charge is 0.497 e. The highest BCUT2D eigenvalue weighted by Crippen LogP contribution is 2.32. The minimum atomic E-state index is 0. The summed E-state index contributed by atoms with van der Waals surface area (Å²) in [6.07, 6.45) is 2.06. The smallest absolute Gasteiger partial charge is 0.253 e. The molecule has 6 heteroatoms. The van der Waals surface area contributed by atoms with Gasteiger partial charge in [-0.3, -0.25) is 4.79 Å². The second-order valence-corrected chi connectivity index (χ2v) is 6.62. The van der Waals surface area contributed by atoms with E-state index in [0.29, 0.717) is 17.8 Å². The molecule has 0 spiro atoms. The van der Waals surface area contributed by atoms with Crippen LogP contribution in [0.1, 0.15) is 23.2 Å². The second-order valence-electron chi connectivity index (χ2n) is 6.62. The Morgan fingerprint density at radius 2 is 1.92 bits per heavy atom. The van der Waals surface area contributed by atoms with E-state index in [1.807, 2.05) is 29.2 Å². The van der Waals surface area contributed by atoms with Crippen LogP contribution in [0.15, 0.2) is 24.3 Å². The first-order chi connectivity index (χ1) is 11.2. The maximum atomic E-state index is 12.6. The number of nitrogens with one attached hydrogen (secondary N) is 1. The molecule has 5 nitrogen and oxygen atoms in total. The van der Waals surface area contributed by atoms with E-state index >= 15 is 0 Å². The van der Waals surface area contributed by atoms with Crippen molar-refractivity contribution in [2.45, 2.75) is 12.8 Å². The van der Waals surface area contributed by atoms with Gasteiger partial charge in [0.2, 0.25) is 0 Å². The lowest BCUT2D eigenvalue weighted by atomic mass is 9.78. The molecule has 2 aliphatic heterocycles. The van der Waals surface area contributed by atoms with Gasteiger partial charge in [-0.25, -0.2) is 0 Å². The Morgan fingerprint density at radius 3 is 2.50 bits per heavy atom. The van der Waals surface area contributed by atoms with Gasteiger partial charge in [0.25, 0.3) is 5.91 Å². The molecule has 0 saturated carbocycles. The van der Waals surface area contributed by atoms with Gasteiger partial charge >= 0.3 is 0 Å². The lowest BCUT2D eigenvalue weighted by Crippen LogP contribution is -2.41. The van der Waals surface area contributed by atoms with Crippen molar-refractivity contribution in [1.82, 2.24) is 10.2 Å². The van der Waals surface area contributed by atoms with E-state index in [1.165, 1.54) is 0 Å². The van der Waals surface area contributed by atoms with E-state index < -0.39 is 0 Å². The molecule has 0 radical (unpaired) electrons. The van der Waals surface area contributed by atoms with Crippen molar-refractivity contribution in [3.63, 3.8) is 0 Å². The second kappa shape index (κ2) is 8.70. The quantitative estimate of drug-likeness (QED) is 0.865. The van der Waals surface area contributed by atoms with E-state index in [9.17, 15) is 9.90 Å². The van der Waals surface area contributed by atoms with Gasteiger partial charge in [0.05, 0.1) is 7.11 Å². The number of rotatable bonds is 4. The third-order valence-electron chi connectivity index (χ3n) is 5.40. The third kappa shape index (κ3) is 4.02. The molecule has 2 fully saturated rings. The van der Waals surface area contributed by atoms with Crippen LogP contribution < -0.4 is 10.1 Å². The molecule has 2 N–H and O–H groups in total. The number of likely N-dealkylation sites (tertiary alicyclic amines) is 1. The average molecular weight is 355 g/mol. The summed E-state index contributed by atoms with van der Waals surface area (Å²) < 4.78 is 5.13. The molecular weight excluding hydrogens is 328 g/mol. The zero-order valence-electron chi connectivity index (χ0n) is 14.1. The average Bonchev–Trinajstić information content (AvgIpc) is 3.10. The normalized spacial score (nSPS) is 24.5. The van der Waals surface area contributed by atoms with Crippen molar-refractivity contribution in [3.8, 4) is 5.75 Å². The van der Waals surface area contributed by atoms with Gasteiger partial charge in [-0.2, -0.15) is 0 Å². The first-order valence-electron chi connectivity index (χ1n) is 8.48. The first kappa shape index (κ1) is 19.0. The molecule has 134 valence electrons. The fourth-order valence-electron chi connectivity index (χ4n) is 3.95. The van der Waals surface area contributed by atoms with Crippen molar-refractivity contribution in [2.75, 3.05) is 39.9 Å². The van der Waals surface area contributed by atoms with Gasteiger partial charge in [0.1, 0.15) is 5.75 Å². The highest BCUT2D eigenvalue weighted by Gasteiger charge is 2.35. The number of piperidine rings is 1. The summed E-state index contributed by atoms with van der Waals surface area (Å²) in [6.45, 7) is 3.81. The fourth-order valence-corrected chi connectivity index (χ4v) is 3.95. The number of benzene rings is 1. The van der Waals surface area contributed by atoms with Gasteiger partial charge < -0.3 is 20.1 Å². The number of halogens is 1. The Hall–Kier alpha value is -1.30. The van der Waals surface area contributed by atoms with Crippen LogP contribution >= 0.6 is 12.4 Å². The van der Waals surface area contributed by atoms with E-state index in [2.05, 4.69) is 5.32 Å². The topological polar surface area (TPSA) is 61.8 Å². The van der Waals surface area contributed by atoms with Crippen LogP contribution in [0.5, 0.6) is 5.75 Å².